The van der Waals surface area contributed by atoms with Gasteiger partial charge in [0.15, 0.2) is 17.3 Å². The SMILES string of the molecule is CN=C(N)N1C=C[C@H](CNCCO)[C@@]2(C1)[C@@H]1CC[C@H]3CCC4(CCCC4)CC(=O)[C@]4(O)C[C@@]32C(=C4C(=O)O)C1. The number of nitrogens with one attached hydrogen (secondary N) is 1. The molecule has 0 amide bonds. The monoisotopic (exact) mass is 540 g/mol. The van der Waals surface area contributed by atoms with Gasteiger partial charge in [0, 0.05) is 50.1 Å². The first-order valence-corrected chi connectivity index (χ1v) is 14.9. The Morgan fingerprint density at radius 3 is 2.64 bits per heavy atom. The lowest BCUT2D eigenvalue weighted by Gasteiger charge is -2.61. The van der Waals surface area contributed by atoms with Crippen molar-refractivity contribution >= 4 is 17.7 Å². The largest absolute Gasteiger partial charge is 0.478 e. The van der Waals surface area contributed by atoms with Crippen molar-refractivity contribution in [1.29, 1.82) is 0 Å². The van der Waals surface area contributed by atoms with Gasteiger partial charge in [-0.25, -0.2) is 4.79 Å². The molecule has 0 aromatic rings. The highest BCUT2D eigenvalue weighted by Gasteiger charge is 2.76. The molecule has 9 heteroatoms. The van der Waals surface area contributed by atoms with E-state index in [1.54, 1.807) is 7.05 Å². The predicted octanol–water partition coefficient (Wildman–Crippen LogP) is 2.19. The number of rotatable bonds is 5. The highest BCUT2D eigenvalue weighted by Crippen LogP contribution is 2.78. The molecule has 0 aromatic carbocycles. The number of carbonyl (C=O) groups excluding carboxylic acids is 1. The van der Waals surface area contributed by atoms with E-state index in [0.29, 0.717) is 32.0 Å². The lowest BCUT2D eigenvalue weighted by molar-refractivity contribution is -0.149. The Balaban J connectivity index is 1.57. The molecule has 3 bridgehead atoms. The topological polar surface area (TPSA) is 148 Å². The zero-order valence-corrected chi connectivity index (χ0v) is 23.1. The van der Waals surface area contributed by atoms with Crippen LogP contribution in [0.5, 0.6) is 0 Å². The van der Waals surface area contributed by atoms with Crippen LogP contribution in [0.3, 0.4) is 0 Å². The van der Waals surface area contributed by atoms with Crippen LogP contribution < -0.4 is 11.1 Å². The number of fused-ring (bicyclic) bond motifs is 1. The minimum absolute atomic E-state index is 0.0170. The van der Waals surface area contributed by atoms with Gasteiger partial charge in [0.1, 0.15) is 0 Å². The lowest BCUT2D eigenvalue weighted by atomic mass is 9.45. The van der Waals surface area contributed by atoms with Crippen LogP contribution in [0.4, 0.5) is 0 Å². The van der Waals surface area contributed by atoms with E-state index in [2.05, 4.69) is 16.4 Å². The van der Waals surface area contributed by atoms with Crippen LogP contribution in [0.25, 0.3) is 0 Å². The van der Waals surface area contributed by atoms with Gasteiger partial charge in [-0.05, 0) is 80.1 Å². The van der Waals surface area contributed by atoms with E-state index in [0.717, 1.165) is 56.9 Å². The van der Waals surface area contributed by atoms with Gasteiger partial charge in [0.25, 0.3) is 0 Å². The third-order valence-electron chi connectivity index (χ3n) is 12.0. The molecule has 6 rings (SSSR count). The number of aliphatic hydroxyl groups is 2. The van der Waals surface area contributed by atoms with Gasteiger partial charge in [-0.3, -0.25) is 9.79 Å². The van der Waals surface area contributed by atoms with Crippen molar-refractivity contribution in [2.24, 2.45) is 44.7 Å². The summed E-state index contributed by atoms with van der Waals surface area (Å²) in [4.78, 5) is 33.4. The smallest absolute Gasteiger partial charge is 0.334 e. The Morgan fingerprint density at radius 1 is 1.21 bits per heavy atom. The summed E-state index contributed by atoms with van der Waals surface area (Å²) in [6, 6.07) is 0. The van der Waals surface area contributed by atoms with Crippen molar-refractivity contribution in [1.82, 2.24) is 10.2 Å². The first kappa shape index (κ1) is 27.0. The average Bonchev–Trinajstić information content (AvgIpc) is 3.52. The molecule has 9 nitrogen and oxygen atoms in total. The maximum absolute atomic E-state index is 14.1. The number of carboxylic acid groups (broad SMARTS) is 1. The molecular weight excluding hydrogens is 496 g/mol. The van der Waals surface area contributed by atoms with Gasteiger partial charge < -0.3 is 31.3 Å². The second kappa shape index (κ2) is 9.42. The summed E-state index contributed by atoms with van der Waals surface area (Å²) in [5.41, 5.74) is 4.07. The number of Topliss-reactive ketones (excluding diaryl/α,β-unsaturated/α-hetero) is 1. The molecule has 0 unspecified atom stereocenters. The number of carboxylic acids is 1. The first-order valence-electron chi connectivity index (χ1n) is 14.9. The Kier molecular flexibility index (Phi) is 6.51. The van der Waals surface area contributed by atoms with Crippen molar-refractivity contribution in [3.8, 4) is 0 Å². The number of hydrogen-bond donors (Lipinski definition) is 5. The van der Waals surface area contributed by atoms with E-state index < -0.39 is 22.4 Å². The second-order valence-corrected chi connectivity index (χ2v) is 13.3. The molecule has 1 aliphatic heterocycles. The number of aliphatic carboxylic acids is 1. The van der Waals surface area contributed by atoms with Crippen molar-refractivity contribution in [2.75, 3.05) is 33.3 Å². The van der Waals surface area contributed by atoms with Crippen molar-refractivity contribution in [3.05, 3.63) is 23.4 Å². The molecule has 0 aromatic heterocycles. The lowest BCUT2D eigenvalue weighted by Crippen LogP contribution is -2.63. The van der Waals surface area contributed by atoms with Crippen LogP contribution in [0.2, 0.25) is 0 Å². The van der Waals surface area contributed by atoms with Gasteiger partial charge in [0.2, 0.25) is 0 Å². The first-order chi connectivity index (χ1) is 18.7. The number of aliphatic imine (C=N–C) groups is 1. The molecule has 6 aliphatic rings. The molecule has 214 valence electrons. The summed E-state index contributed by atoms with van der Waals surface area (Å²) < 4.78 is 0. The summed E-state index contributed by atoms with van der Waals surface area (Å²) in [5, 5.41) is 35.9. The van der Waals surface area contributed by atoms with Gasteiger partial charge in [-0.15, -0.1) is 0 Å². The summed E-state index contributed by atoms with van der Waals surface area (Å²) in [5.74, 6) is -0.600. The van der Waals surface area contributed by atoms with Gasteiger partial charge in [-0.1, -0.05) is 18.9 Å². The molecule has 6 N–H and O–H groups in total. The maximum Gasteiger partial charge on any atom is 0.334 e. The standard InChI is InChI=1S/C30H44N4O5/c1-32-26(31)34-12-7-21(16-33-11-13-35)29(18-34)20-5-4-19-6-10-27(8-2-3-9-27)15-23(36)30(39)17-28(19,29)22(14-20)24(30)25(37)38/h7,12,19-21,33,35,39H,2-6,8-11,13-18H2,1H3,(H2,31,32)(H,37,38)/t19-,20+,21+,28-,29+,30+/m0/s1. The highest BCUT2D eigenvalue weighted by molar-refractivity contribution is 6.04. The number of guanidine groups is 1. The number of allylic oxidation sites excluding steroid dienone is 1. The normalized spacial score (nSPS) is 40.9. The van der Waals surface area contributed by atoms with Gasteiger partial charge in [-0.2, -0.15) is 0 Å². The number of nitrogens with two attached hydrogens (primary N) is 1. The third-order valence-corrected chi connectivity index (χ3v) is 12.0. The number of carbonyl (C=O) groups is 2. The molecule has 3 spiro atoms. The Labute approximate surface area is 230 Å². The Morgan fingerprint density at radius 2 is 1.95 bits per heavy atom. The number of aliphatic hydroxyl groups excluding tert-OH is 1. The molecule has 6 atom stereocenters. The minimum atomic E-state index is -1.96. The molecule has 0 saturated heterocycles. The molecule has 0 radical (unpaired) electrons. The molecule has 4 fully saturated rings. The van der Waals surface area contributed by atoms with E-state index >= 15 is 0 Å². The summed E-state index contributed by atoms with van der Waals surface area (Å²) >= 11 is 0. The van der Waals surface area contributed by atoms with Crippen LogP contribution >= 0.6 is 0 Å². The molecule has 39 heavy (non-hydrogen) atoms. The van der Waals surface area contributed by atoms with E-state index in [-0.39, 0.29) is 54.0 Å². The number of ketones is 1. The fraction of sp³-hybridized carbons (Fsp3) is 0.767. The van der Waals surface area contributed by atoms with Crippen molar-refractivity contribution < 1.29 is 24.9 Å². The van der Waals surface area contributed by atoms with Gasteiger partial charge >= 0.3 is 5.97 Å². The number of nitrogens with zero attached hydrogens (tertiary/aromatic N) is 2. The fourth-order valence-corrected chi connectivity index (χ4v) is 10.5. The molecule has 1 heterocycles. The minimum Gasteiger partial charge on any atom is -0.478 e. The van der Waals surface area contributed by atoms with E-state index in [1.165, 1.54) is 0 Å². The molecular formula is C30H44N4O5. The molecule has 4 saturated carbocycles. The Bertz CT molecular complexity index is 1140. The van der Waals surface area contributed by atoms with E-state index in [4.69, 9.17) is 5.73 Å². The summed E-state index contributed by atoms with van der Waals surface area (Å²) in [6.07, 6.45) is 13.2. The second-order valence-electron chi connectivity index (χ2n) is 13.3. The predicted molar refractivity (Wildman–Crippen MR) is 147 cm³/mol. The number of hydrogen-bond acceptors (Lipinski definition) is 6. The van der Waals surface area contributed by atoms with Crippen LogP contribution in [0.1, 0.15) is 70.6 Å². The fourth-order valence-electron chi connectivity index (χ4n) is 10.5. The van der Waals surface area contributed by atoms with Crippen LogP contribution in [0.15, 0.2) is 28.4 Å². The zero-order chi connectivity index (χ0) is 27.6. The quantitative estimate of drug-likeness (QED) is 0.202. The zero-order valence-electron chi connectivity index (χ0n) is 23.1. The van der Waals surface area contributed by atoms with Crippen LogP contribution in [-0.2, 0) is 9.59 Å². The maximum atomic E-state index is 14.1. The van der Waals surface area contributed by atoms with Crippen LogP contribution in [0, 0.1) is 34.0 Å². The van der Waals surface area contributed by atoms with Crippen molar-refractivity contribution in [2.45, 2.75) is 76.2 Å². The van der Waals surface area contributed by atoms with Gasteiger partial charge in [0.05, 0.1) is 12.2 Å². The third kappa shape index (κ3) is 3.58. The Hall–Kier alpha value is -2.23. The summed E-state index contributed by atoms with van der Waals surface area (Å²) in [7, 11) is 1.67. The molecule has 5 aliphatic carbocycles. The highest BCUT2D eigenvalue weighted by atomic mass is 16.4. The van der Waals surface area contributed by atoms with E-state index in [1.807, 2.05) is 11.1 Å². The van der Waals surface area contributed by atoms with E-state index in [9.17, 15) is 24.9 Å². The van der Waals surface area contributed by atoms with Crippen LogP contribution in [-0.4, -0.2) is 76.8 Å². The average molecular weight is 541 g/mol. The van der Waals surface area contributed by atoms with Crippen molar-refractivity contribution in [3.63, 3.8) is 0 Å². The summed E-state index contributed by atoms with van der Waals surface area (Å²) in [6.45, 7) is 1.71.